The molecule has 29 heavy (non-hydrogen) atoms. The molecule has 1 aromatic carbocycles. The molecule has 0 atom stereocenters. The lowest BCUT2D eigenvalue weighted by Gasteiger charge is -2.08. The van der Waals surface area contributed by atoms with E-state index in [9.17, 15) is 4.79 Å². The number of anilines is 2. The predicted octanol–water partition coefficient (Wildman–Crippen LogP) is 2.27. The average molecular weight is 388 g/mol. The summed E-state index contributed by atoms with van der Waals surface area (Å²) in [5.74, 6) is 0.823. The number of nitrogens with zero attached hydrogens (tertiary/aromatic N) is 6. The monoisotopic (exact) mass is 388 g/mol. The number of nitrogens with two attached hydrogens (primary N) is 1. The quantitative estimate of drug-likeness (QED) is 0.359. The highest BCUT2D eigenvalue weighted by atomic mass is 16.6. The number of aromatic nitrogens is 5. The number of hydrogen-bond acceptors (Lipinski definition) is 9. The number of hydrogen-bond donors (Lipinski definition) is 2. The van der Waals surface area contributed by atoms with Crippen LogP contribution in [0.4, 0.5) is 11.6 Å². The normalized spacial score (nSPS) is 10.7. The molecule has 0 saturated heterocycles. The molecule has 0 saturated carbocycles. The first-order chi connectivity index (χ1) is 14.2. The van der Waals surface area contributed by atoms with Gasteiger partial charge in [-0.25, -0.2) is 14.6 Å². The molecule has 0 aliphatic carbocycles. The van der Waals surface area contributed by atoms with Crippen LogP contribution in [0.5, 0.6) is 0 Å². The van der Waals surface area contributed by atoms with Crippen molar-refractivity contribution in [2.24, 2.45) is 0 Å². The average Bonchev–Trinajstić information content (AvgIpc) is 3.33. The van der Waals surface area contributed by atoms with Gasteiger partial charge in [-0.3, -0.25) is 4.79 Å². The van der Waals surface area contributed by atoms with Crippen molar-refractivity contribution in [3.05, 3.63) is 48.2 Å². The summed E-state index contributed by atoms with van der Waals surface area (Å²) < 4.78 is 6.61. The molecule has 0 fully saturated rings. The maximum atomic E-state index is 12.8. The van der Waals surface area contributed by atoms with Crippen molar-refractivity contribution in [2.45, 2.75) is 13.0 Å². The van der Waals surface area contributed by atoms with Gasteiger partial charge in [0.15, 0.2) is 11.5 Å². The van der Waals surface area contributed by atoms with E-state index < -0.39 is 0 Å². The number of nitrogen functional groups attached to an aromatic ring is 1. The van der Waals surface area contributed by atoms with Crippen LogP contribution in [0.2, 0.25) is 0 Å². The zero-order chi connectivity index (χ0) is 20.2. The smallest absolute Gasteiger partial charge is 0.202 e. The fourth-order valence-corrected chi connectivity index (χ4v) is 2.94. The third-order valence-electron chi connectivity index (χ3n) is 4.24. The molecule has 3 aromatic heterocycles. The Balaban J connectivity index is 1.75. The van der Waals surface area contributed by atoms with Gasteiger partial charge < -0.3 is 15.6 Å². The van der Waals surface area contributed by atoms with Crippen molar-refractivity contribution >= 4 is 28.5 Å². The summed E-state index contributed by atoms with van der Waals surface area (Å²) in [6.07, 6.45) is 0.294. The third kappa shape index (κ3) is 3.61. The zero-order valence-electron chi connectivity index (χ0n) is 15.2. The Bertz CT molecular complexity index is 1220. The number of carbonyl (C=O) groups is 1. The van der Waals surface area contributed by atoms with E-state index in [0.717, 1.165) is 5.52 Å². The third-order valence-corrected chi connectivity index (χ3v) is 4.24. The summed E-state index contributed by atoms with van der Waals surface area (Å²) in [6.45, 7) is 0.362. The lowest BCUT2D eigenvalue weighted by molar-refractivity contribution is 0.0969. The Kier molecular flexibility index (Phi) is 4.86. The molecule has 10 nitrogen and oxygen atoms in total. The van der Waals surface area contributed by atoms with Gasteiger partial charge in [0.25, 0.3) is 0 Å². The van der Waals surface area contributed by atoms with Gasteiger partial charge in [0.05, 0.1) is 30.1 Å². The second kappa shape index (κ2) is 7.77. The minimum Gasteiger partial charge on any atom is -0.384 e. The molecule has 10 heteroatoms. The molecule has 0 aliphatic heterocycles. The number of rotatable bonds is 7. The number of imidazole rings is 1. The first-order valence-corrected chi connectivity index (χ1v) is 8.82. The Morgan fingerprint density at radius 3 is 2.86 bits per heavy atom. The lowest BCUT2D eigenvalue weighted by atomic mass is 10.2. The maximum absolute atomic E-state index is 12.8. The Morgan fingerprint density at radius 2 is 2.03 bits per heavy atom. The molecule has 0 amide bonds. The highest BCUT2D eigenvalue weighted by molar-refractivity contribution is 5.96. The summed E-state index contributed by atoms with van der Waals surface area (Å²) in [6, 6.07) is 14.4. The van der Waals surface area contributed by atoms with Gasteiger partial charge in [-0.05, 0) is 34.6 Å². The van der Waals surface area contributed by atoms with Crippen molar-refractivity contribution in [3.8, 4) is 17.6 Å². The van der Waals surface area contributed by atoms with E-state index in [1.54, 1.807) is 22.8 Å². The highest BCUT2D eigenvalue weighted by Crippen LogP contribution is 2.28. The number of Topliss-reactive ketones (excluding diaryl/α,β-unsaturated/α-hetero) is 1. The first kappa shape index (κ1) is 18.1. The summed E-state index contributed by atoms with van der Waals surface area (Å²) in [5, 5.41) is 19.5. The van der Waals surface area contributed by atoms with Crippen LogP contribution in [0, 0.1) is 11.3 Å². The second-order valence-corrected chi connectivity index (χ2v) is 6.18. The number of fused-ring (bicyclic) bond motifs is 1. The van der Waals surface area contributed by atoms with Crippen LogP contribution in [0.3, 0.4) is 0 Å². The zero-order valence-corrected chi connectivity index (χ0v) is 15.2. The maximum Gasteiger partial charge on any atom is 0.202 e. The van der Waals surface area contributed by atoms with E-state index in [4.69, 9.17) is 15.6 Å². The van der Waals surface area contributed by atoms with Crippen molar-refractivity contribution in [1.29, 1.82) is 5.26 Å². The van der Waals surface area contributed by atoms with Crippen LogP contribution >= 0.6 is 0 Å². The minimum atomic E-state index is -0.225. The largest absolute Gasteiger partial charge is 0.384 e. The Labute approximate surface area is 164 Å². The van der Waals surface area contributed by atoms with Crippen LogP contribution in [0.15, 0.2) is 47.1 Å². The number of pyridine rings is 1. The van der Waals surface area contributed by atoms with Crippen molar-refractivity contribution < 1.29 is 9.42 Å². The van der Waals surface area contributed by atoms with Crippen LogP contribution in [-0.4, -0.2) is 37.2 Å². The number of nitrogens with one attached hydrogen (secondary N) is 1. The van der Waals surface area contributed by atoms with E-state index in [-0.39, 0.29) is 23.8 Å². The number of benzene rings is 1. The highest BCUT2D eigenvalue weighted by Gasteiger charge is 2.22. The van der Waals surface area contributed by atoms with Gasteiger partial charge in [-0.1, -0.05) is 18.2 Å². The Hall–Kier alpha value is -4.26. The van der Waals surface area contributed by atoms with Crippen molar-refractivity contribution in [1.82, 2.24) is 24.8 Å². The van der Waals surface area contributed by atoms with Crippen LogP contribution in [-0.2, 0) is 6.54 Å². The van der Waals surface area contributed by atoms with Crippen LogP contribution < -0.4 is 11.1 Å². The SMILES string of the molecule is N#CCCNc1nonc1-c1nc2ccccc2n1CC(=O)c1cccc(N)n1. The van der Waals surface area contributed by atoms with E-state index in [0.29, 0.717) is 35.8 Å². The van der Waals surface area contributed by atoms with E-state index in [1.807, 2.05) is 30.3 Å². The molecule has 0 radical (unpaired) electrons. The molecule has 144 valence electrons. The summed E-state index contributed by atoms with van der Waals surface area (Å²) in [5.41, 5.74) is 7.77. The van der Waals surface area contributed by atoms with Gasteiger partial charge >= 0.3 is 0 Å². The molecule has 0 aliphatic rings. The molecule has 0 spiro atoms. The molecule has 0 unspecified atom stereocenters. The topological polar surface area (TPSA) is 149 Å². The molecule has 4 rings (SSSR count). The second-order valence-electron chi connectivity index (χ2n) is 6.18. The molecule has 0 bridgehead atoms. The summed E-state index contributed by atoms with van der Waals surface area (Å²) in [4.78, 5) is 21.6. The number of ketones is 1. The molecule has 3 heterocycles. The molecule has 4 aromatic rings. The van der Waals surface area contributed by atoms with Crippen LogP contribution in [0.25, 0.3) is 22.6 Å². The van der Waals surface area contributed by atoms with Gasteiger partial charge in [0.1, 0.15) is 11.5 Å². The predicted molar refractivity (Wildman–Crippen MR) is 105 cm³/mol. The fourth-order valence-electron chi connectivity index (χ4n) is 2.94. The van der Waals surface area contributed by atoms with Gasteiger partial charge in [0.2, 0.25) is 11.6 Å². The Morgan fingerprint density at radius 1 is 1.17 bits per heavy atom. The van der Waals surface area contributed by atoms with Crippen molar-refractivity contribution in [3.63, 3.8) is 0 Å². The lowest BCUT2D eigenvalue weighted by Crippen LogP contribution is -2.14. The fraction of sp³-hybridized carbons (Fsp3) is 0.158. The van der Waals surface area contributed by atoms with Crippen LogP contribution in [0.1, 0.15) is 16.9 Å². The van der Waals surface area contributed by atoms with Crippen molar-refractivity contribution in [2.75, 3.05) is 17.6 Å². The van der Waals surface area contributed by atoms with E-state index in [2.05, 4.69) is 25.6 Å². The summed E-state index contributed by atoms with van der Waals surface area (Å²) in [7, 11) is 0. The minimum absolute atomic E-state index is 0.0171. The van der Waals surface area contributed by atoms with Gasteiger partial charge in [-0.2, -0.15) is 5.26 Å². The number of para-hydroxylation sites is 2. The molecular formula is C19H16N8O2. The van der Waals surface area contributed by atoms with E-state index >= 15 is 0 Å². The van der Waals surface area contributed by atoms with E-state index in [1.165, 1.54) is 0 Å². The molecule has 3 N–H and O–H groups in total. The van der Waals surface area contributed by atoms with Gasteiger partial charge in [0, 0.05) is 6.54 Å². The standard InChI is InChI=1S/C19H16N8O2/c20-9-4-10-22-18-17(25-29-26-18)19-24-12-5-1-2-7-14(12)27(19)11-15(28)13-6-3-8-16(21)23-13/h1-3,5-8H,4,10-11H2,(H2,21,23)(H,22,26). The summed E-state index contributed by atoms with van der Waals surface area (Å²) >= 11 is 0. The number of nitriles is 1. The number of carbonyl (C=O) groups excluding carboxylic acids is 1. The molecular weight excluding hydrogens is 372 g/mol. The van der Waals surface area contributed by atoms with Gasteiger partial charge in [-0.15, -0.1) is 0 Å². The first-order valence-electron chi connectivity index (χ1n) is 8.82.